The van der Waals surface area contributed by atoms with Gasteiger partial charge in [-0.25, -0.2) is 0 Å². The van der Waals surface area contributed by atoms with Crippen molar-refractivity contribution in [1.82, 2.24) is 5.32 Å². The van der Waals surface area contributed by atoms with Gasteiger partial charge in [-0.15, -0.1) is 0 Å². The van der Waals surface area contributed by atoms with E-state index in [0.29, 0.717) is 0 Å². The van der Waals surface area contributed by atoms with Gasteiger partial charge in [-0.3, -0.25) is 4.79 Å². The molecular weight excluding hydrogens is 214 g/mol. The average Bonchev–Trinajstić information content (AvgIpc) is 2.32. The predicted molar refractivity (Wildman–Crippen MR) is 67.1 cm³/mol. The van der Waals surface area contributed by atoms with E-state index in [0.717, 1.165) is 31.0 Å². The van der Waals surface area contributed by atoms with Crippen molar-refractivity contribution in [2.45, 2.75) is 25.7 Å². The summed E-state index contributed by atoms with van der Waals surface area (Å²) in [6, 6.07) is 7.99. The van der Waals surface area contributed by atoms with Crippen molar-refractivity contribution < 1.29 is 9.90 Å². The van der Waals surface area contributed by atoms with Gasteiger partial charge in [-0.1, -0.05) is 24.3 Å². The maximum absolute atomic E-state index is 10.6. The van der Waals surface area contributed by atoms with Gasteiger partial charge in [0.25, 0.3) is 0 Å². The van der Waals surface area contributed by atoms with Crippen LogP contribution in [-0.2, 0) is 17.6 Å². The third kappa shape index (κ3) is 3.86. The molecule has 0 saturated carbocycles. The number of rotatable bonds is 4. The largest absolute Gasteiger partial charge is 0.481 e. The lowest BCUT2D eigenvalue weighted by molar-refractivity contribution is -0.136. The fraction of sp³-hybridized carbons (Fsp3) is 0.500. The normalized spacial score (nSPS) is 20.1. The Kier molecular flexibility index (Phi) is 4.15. The van der Waals surface area contributed by atoms with Gasteiger partial charge >= 0.3 is 5.97 Å². The molecule has 0 spiro atoms. The summed E-state index contributed by atoms with van der Waals surface area (Å²) in [5.74, 6) is -0.0386. The summed E-state index contributed by atoms with van der Waals surface area (Å²) in [7, 11) is 0. The molecule has 1 aromatic rings. The number of hydrogen-bond acceptors (Lipinski definition) is 2. The Morgan fingerprint density at radius 3 is 2.59 bits per heavy atom. The molecule has 2 rings (SSSR count). The molecule has 1 aliphatic heterocycles. The van der Waals surface area contributed by atoms with Crippen LogP contribution in [0, 0.1) is 5.92 Å². The van der Waals surface area contributed by atoms with E-state index in [-0.39, 0.29) is 6.42 Å². The molecule has 0 bridgehead atoms. The van der Waals surface area contributed by atoms with Crippen LogP contribution in [0.2, 0.25) is 0 Å². The van der Waals surface area contributed by atoms with Crippen LogP contribution < -0.4 is 5.32 Å². The minimum atomic E-state index is -0.769. The van der Waals surface area contributed by atoms with Crippen molar-refractivity contribution in [2.75, 3.05) is 13.1 Å². The molecule has 1 saturated heterocycles. The highest BCUT2D eigenvalue weighted by atomic mass is 16.4. The van der Waals surface area contributed by atoms with Crippen LogP contribution in [-0.4, -0.2) is 24.2 Å². The van der Waals surface area contributed by atoms with Crippen LogP contribution in [0.25, 0.3) is 0 Å². The molecule has 1 unspecified atom stereocenters. The van der Waals surface area contributed by atoms with Crippen molar-refractivity contribution >= 4 is 5.97 Å². The first-order valence-electron chi connectivity index (χ1n) is 6.24. The Morgan fingerprint density at radius 1 is 1.29 bits per heavy atom. The first-order valence-corrected chi connectivity index (χ1v) is 6.24. The second-order valence-electron chi connectivity index (χ2n) is 4.80. The van der Waals surface area contributed by atoms with Crippen molar-refractivity contribution in [2.24, 2.45) is 5.92 Å². The number of carboxylic acid groups (broad SMARTS) is 1. The van der Waals surface area contributed by atoms with E-state index in [2.05, 4.69) is 17.4 Å². The number of aliphatic carboxylic acids is 1. The van der Waals surface area contributed by atoms with E-state index in [1.165, 1.54) is 18.4 Å². The lowest BCUT2D eigenvalue weighted by atomic mass is 9.92. The van der Waals surface area contributed by atoms with Crippen LogP contribution in [0.3, 0.4) is 0 Å². The van der Waals surface area contributed by atoms with Gasteiger partial charge in [0.15, 0.2) is 0 Å². The zero-order valence-corrected chi connectivity index (χ0v) is 9.98. The van der Waals surface area contributed by atoms with Crippen LogP contribution in [0.4, 0.5) is 0 Å². The Morgan fingerprint density at radius 2 is 2.00 bits per heavy atom. The molecule has 1 atom stereocenters. The second-order valence-corrected chi connectivity index (χ2v) is 4.80. The predicted octanol–water partition coefficient (Wildman–Crippen LogP) is 1.86. The lowest BCUT2D eigenvalue weighted by Crippen LogP contribution is -2.30. The second kappa shape index (κ2) is 5.82. The van der Waals surface area contributed by atoms with E-state index >= 15 is 0 Å². The minimum absolute atomic E-state index is 0.116. The van der Waals surface area contributed by atoms with E-state index < -0.39 is 5.97 Å². The summed E-state index contributed by atoms with van der Waals surface area (Å²) in [4.78, 5) is 10.6. The van der Waals surface area contributed by atoms with Crippen LogP contribution in [0.1, 0.15) is 24.0 Å². The van der Waals surface area contributed by atoms with Gasteiger partial charge < -0.3 is 10.4 Å². The highest BCUT2D eigenvalue weighted by Crippen LogP contribution is 2.16. The Hall–Kier alpha value is -1.35. The van der Waals surface area contributed by atoms with Gasteiger partial charge in [-0.2, -0.15) is 0 Å². The lowest BCUT2D eigenvalue weighted by Gasteiger charge is -2.22. The van der Waals surface area contributed by atoms with Gasteiger partial charge in [0.1, 0.15) is 0 Å². The molecule has 1 heterocycles. The first kappa shape index (κ1) is 12.1. The maximum Gasteiger partial charge on any atom is 0.307 e. The summed E-state index contributed by atoms with van der Waals surface area (Å²) < 4.78 is 0. The molecule has 0 aromatic heterocycles. The smallest absolute Gasteiger partial charge is 0.307 e. The van der Waals surface area contributed by atoms with Gasteiger partial charge in [-0.05, 0) is 49.4 Å². The SMILES string of the molecule is O=C(O)Cc1ccc(CC2CCCNC2)cc1. The van der Waals surface area contributed by atoms with Gasteiger partial charge in [0.05, 0.1) is 6.42 Å². The van der Waals surface area contributed by atoms with Crippen LogP contribution in [0.15, 0.2) is 24.3 Å². The fourth-order valence-corrected chi connectivity index (χ4v) is 2.40. The fourth-order valence-electron chi connectivity index (χ4n) is 2.40. The molecular formula is C14H19NO2. The standard InChI is InChI=1S/C14H19NO2/c16-14(17)9-12-5-3-11(4-6-12)8-13-2-1-7-15-10-13/h3-6,13,15H,1-2,7-10H2,(H,16,17). The van der Waals surface area contributed by atoms with Crippen molar-refractivity contribution in [3.63, 3.8) is 0 Å². The van der Waals surface area contributed by atoms with Crippen molar-refractivity contribution in [3.8, 4) is 0 Å². The topological polar surface area (TPSA) is 49.3 Å². The highest BCUT2D eigenvalue weighted by molar-refractivity contribution is 5.70. The molecule has 1 fully saturated rings. The van der Waals surface area contributed by atoms with Gasteiger partial charge in [0, 0.05) is 0 Å². The molecule has 0 radical (unpaired) electrons. The molecule has 17 heavy (non-hydrogen) atoms. The van der Waals surface area contributed by atoms with Crippen LogP contribution in [0.5, 0.6) is 0 Å². The maximum atomic E-state index is 10.6. The number of piperidine rings is 1. The third-order valence-corrected chi connectivity index (χ3v) is 3.30. The first-order chi connectivity index (χ1) is 8.24. The summed E-state index contributed by atoms with van der Waals surface area (Å²) in [6.07, 6.45) is 3.78. The zero-order chi connectivity index (χ0) is 12.1. The number of carbonyl (C=O) groups is 1. The molecule has 1 aromatic carbocycles. The number of nitrogens with one attached hydrogen (secondary N) is 1. The third-order valence-electron chi connectivity index (χ3n) is 3.30. The molecule has 0 amide bonds. The number of benzene rings is 1. The minimum Gasteiger partial charge on any atom is -0.481 e. The molecule has 3 heteroatoms. The molecule has 3 nitrogen and oxygen atoms in total. The number of hydrogen-bond donors (Lipinski definition) is 2. The van der Waals surface area contributed by atoms with Crippen molar-refractivity contribution in [3.05, 3.63) is 35.4 Å². The Bertz CT molecular complexity index is 366. The summed E-state index contributed by atoms with van der Waals surface area (Å²) in [6.45, 7) is 2.25. The zero-order valence-electron chi connectivity index (χ0n) is 9.98. The summed E-state index contributed by atoms with van der Waals surface area (Å²) >= 11 is 0. The van der Waals surface area contributed by atoms with Crippen LogP contribution >= 0.6 is 0 Å². The Balaban J connectivity index is 1.90. The summed E-state index contributed by atoms with van der Waals surface area (Å²) in [5.41, 5.74) is 2.19. The van der Waals surface area contributed by atoms with E-state index in [1.54, 1.807) is 0 Å². The number of carboxylic acids is 1. The quantitative estimate of drug-likeness (QED) is 0.834. The van der Waals surface area contributed by atoms with E-state index in [1.807, 2.05) is 12.1 Å². The van der Waals surface area contributed by atoms with Gasteiger partial charge in [0.2, 0.25) is 0 Å². The van der Waals surface area contributed by atoms with E-state index in [4.69, 9.17) is 5.11 Å². The summed E-state index contributed by atoms with van der Waals surface area (Å²) in [5, 5.41) is 12.1. The monoisotopic (exact) mass is 233 g/mol. The Labute approximate surface area is 102 Å². The molecule has 0 aliphatic carbocycles. The molecule has 2 N–H and O–H groups in total. The van der Waals surface area contributed by atoms with E-state index in [9.17, 15) is 4.79 Å². The van der Waals surface area contributed by atoms with Crippen molar-refractivity contribution in [1.29, 1.82) is 0 Å². The average molecular weight is 233 g/mol. The molecule has 92 valence electrons. The molecule has 1 aliphatic rings. The highest BCUT2D eigenvalue weighted by Gasteiger charge is 2.13.